The number of benzene rings is 1. The Morgan fingerprint density at radius 1 is 0.905 bits per heavy atom. The molecule has 0 aliphatic carbocycles. The zero-order valence-electron chi connectivity index (χ0n) is 13.1. The molecule has 2 aromatic rings. The first-order valence-corrected chi connectivity index (χ1v) is 8.31. The summed E-state index contributed by atoms with van der Waals surface area (Å²) in [4.78, 5) is 11.6. The summed E-state index contributed by atoms with van der Waals surface area (Å²) >= 11 is 0. The standard InChI is InChI=1S/C19H26O2/c1-2-3-4-5-6-7-8-9-10-16-11-12-17-18(20)13-14-21-19(17)15-16/h11-15H,2-10H2,1H3. The number of hydrogen-bond acceptors (Lipinski definition) is 2. The summed E-state index contributed by atoms with van der Waals surface area (Å²) in [7, 11) is 0. The van der Waals surface area contributed by atoms with Crippen LogP contribution in [0.5, 0.6) is 0 Å². The molecule has 0 N–H and O–H groups in total. The van der Waals surface area contributed by atoms with Crippen molar-refractivity contribution in [3.05, 3.63) is 46.3 Å². The Kier molecular flexibility index (Phi) is 6.52. The van der Waals surface area contributed by atoms with Crippen LogP contribution in [0.25, 0.3) is 11.0 Å². The highest BCUT2D eigenvalue weighted by molar-refractivity contribution is 5.76. The quantitative estimate of drug-likeness (QED) is 0.572. The minimum Gasteiger partial charge on any atom is -0.464 e. The number of rotatable bonds is 9. The third-order valence-electron chi connectivity index (χ3n) is 4.04. The fourth-order valence-electron chi connectivity index (χ4n) is 2.75. The van der Waals surface area contributed by atoms with Crippen LogP contribution in [0.4, 0.5) is 0 Å². The molecule has 0 radical (unpaired) electrons. The van der Waals surface area contributed by atoms with Crippen LogP contribution in [0.2, 0.25) is 0 Å². The molecule has 0 amide bonds. The van der Waals surface area contributed by atoms with Gasteiger partial charge >= 0.3 is 0 Å². The molecule has 2 heteroatoms. The van der Waals surface area contributed by atoms with E-state index >= 15 is 0 Å². The van der Waals surface area contributed by atoms with Gasteiger partial charge in [0.15, 0.2) is 5.43 Å². The molecule has 1 aromatic carbocycles. The predicted octanol–water partition coefficient (Wildman–Crippen LogP) is 5.48. The lowest BCUT2D eigenvalue weighted by atomic mass is 10.0. The molecule has 0 aliphatic heterocycles. The van der Waals surface area contributed by atoms with E-state index in [4.69, 9.17) is 4.42 Å². The molecular formula is C19H26O2. The molecule has 0 unspecified atom stereocenters. The van der Waals surface area contributed by atoms with Gasteiger partial charge in [-0.15, -0.1) is 0 Å². The Bertz CT molecular complexity index is 598. The summed E-state index contributed by atoms with van der Waals surface area (Å²) in [6.07, 6.45) is 13.2. The average Bonchev–Trinajstić information content (AvgIpc) is 2.50. The number of fused-ring (bicyclic) bond motifs is 1. The Morgan fingerprint density at radius 2 is 1.62 bits per heavy atom. The van der Waals surface area contributed by atoms with Crippen molar-refractivity contribution in [1.82, 2.24) is 0 Å². The monoisotopic (exact) mass is 286 g/mol. The normalized spacial score (nSPS) is 11.1. The van der Waals surface area contributed by atoms with E-state index in [-0.39, 0.29) is 5.43 Å². The van der Waals surface area contributed by atoms with Gasteiger partial charge in [0.2, 0.25) is 0 Å². The molecule has 0 aliphatic rings. The lowest BCUT2D eigenvalue weighted by Gasteiger charge is -2.04. The van der Waals surface area contributed by atoms with Crippen molar-refractivity contribution >= 4 is 11.0 Å². The van der Waals surface area contributed by atoms with E-state index in [0.717, 1.165) is 6.42 Å². The first-order valence-electron chi connectivity index (χ1n) is 8.31. The van der Waals surface area contributed by atoms with Crippen LogP contribution < -0.4 is 5.43 Å². The van der Waals surface area contributed by atoms with Crippen LogP contribution in [0.1, 0.15) is 63.9 Å². The first kappa shape index (κ1) is 15.8. The Morgan fingerprint density at radius 3 is 2.38 bits per heavy atom. The van der Waals surface area contributed by atoms with Crippen LogP contribution in [0.3, 0.4) is 0 Å². The maximum atomic E-state index is 11.6. The smallest absolute Gasteiger partial charge is 0.192 e. The second-order valence-electron chi connectivity index (χ2n) is 5.84. The minimum atomic E-state index is 0.0369. The molecule has 0 atom stereocenters. The van der Waals surface area contributed by atoms with Crippen molar-refractivity contribution in [3.8, 4) is 0 Å². The zero-order valence-corrected chi connectivity index (χ0v) is 13.1. The fourth-order valence-corrected chi connectivity index (χ4v) is 2.75. The van der Waals surface area contributed by atoms with E-state index in [9.17, 15) is 4.79 Å². The van der Waals surface area contributed by atoms with Crippen LogP contribution in [-0.4, -0.2) is 0 Å². The third kappa shape index (κ3) is 5.04. The molecule has 2 rings (SSSR count). The molecule has 0 bridgehead atoms. The highest BCUT2D eigenvalue weighted by Crippen LogP contribution is 2.15. The number of hydrogen-bond donors (Lipinski definition) is 0. The summed E-state index contributed by atoms with van der Waals surface area (Å²) < 4.78 is 5.42. The zero-order chi connectivity index (χ0) is 14.9. The van der Waals surface area contributed by atoms with Gasteiger partial charge in [-0.3, -0.25) is 4.79 Å². The molecule has 114 valence electrons. The van der Waals surface area contributed by atoms with E-state index < -0.39 is 0 Å². The second kappa shape index (κ2) is 8.66. The van der Waals surface area contributed by atoms with E-state index in [1.54, 1.807) is 0 Å². The van der Waals surface area contributed by atoms with Crippen LogP contribution in [0, 0.1) is 0 Å². The van der Waals surface area contributed by atoms with Gasteiger partial charge in [0, 0.05) is 6.07 Å². The molecule has 1 aromatic heterocycles. The highest BCUT2D eigenvalue weighted by Gasteiger charge is 2.01. The van der Waals surface area contributed by atoms with Crippen molar-refractivity contribution in [2.75, 3.05) is 0 Å². The number of unbranched alkanes of at least 4 members (excludes halogenated alkanes) is 7. The Labute approximate surface area is 127 Å². The highest BCUT2D eigenvalue weighted by atomic mass is 16.3. The van der Waals surface area contributed by atoms with Gasteiger partial charge in [-0.2, -0.15) is 0 Å². The third-order valence-corrected chi connectivity index (χ3v) is 4.04. The summed E-state index contributed by atoms with van der Waals surface area (Å²) in [6, 6.07) is 7.43. The van der Waals surface area contributed by atoms with E-state index in [0.29, 0.717) is 11.0 Å². The molecule has 1 heterocycles. The number of aryl methyl sites for hydroxylation is 1. The van der Waals surface area contributed by atoms with Crippen LogP contribution in [-0.2, 0) is 6.42 Å². The van der Waals surface area contributed by atoms with E-state index in [1.165, 1.54) is 69.3 Å². The van der Waals surface area contributed by atoms with Crippen molar-refractivity contribution in [2.45, 2.75) is 64.7 Å². The van der Waals surface area contributed by atoms with Crippen molar-refractivity contribution in [3.63, 3.8) is 0 Å². The summed E-state index contributed by atoms with van der Waals surface area (Å²) in [5.41, 5.74) is 2.01. The molecule has 0 saturated carbocycles. The molecular weight excluding hydrogens is 260 g/mol. The molecule has 2 nitrogen and oxygen atoms in total. The lowest BCUT2D eigenvalue weighted by molar-refractivity contribution is 0.575. The maximum Gasteiger partial charge on any atom is 0.192 e. The lowest BCUT2D eigenvalue weighted by Crippen LogP contribution is -1.98. The second-order valence-corrected chi connectivity index (χ2v) is 5.84. The van der Waals surface area contributed by atoms with Crippen molar-refractivity contribution in [2.24, 2.45) is 0 Å². The SMILES string of the molecule is CCCCCCCCCCc1ccc2c(=O)ccoc2c1. The average molecular weight is 286 g/mol. The topological polar surface area (TPSA) is 30.2 Å². The predicted molar refractivity (Wildman–Crippen MR) is 88.8 cm³/mol. The Balaban J connectivity index is 1.73. The maximum absolute atomic E-state index is 11.6. The van der Waals surface area contributed by atoms with Gasteiger partial charge in [-0.05, 0) is 30.5 Å². The summed E-state index contributed by atoms with van der Waals surface area (Å²) in [5.74, 6) is 0. The van der Waals surface area contributed by atoms with Gasteiger partial charge in [-0.25, -0.2) is 0 Å². The minimum absolute atomic E-state index is 0.0369. The first-order chi connectivity index (χ1) is 10.3. The Hall–Kier alpha value is -1.57. The van der Waals surface area contributed by atoms with Gasteiger partial charge < -0.3 is 4.42 Å². The van der Waals surface area contributed by atoms with Crippen molar-refractivity contribution in [1.29, 1.82) is 0 Å². The molecule has 0 saturated heterocycles. The fraction of sp³-hybridized carbons (Fsp3) is 0.526. The molecule has 0 fully saturated rings. The largest absolute Gasteiger partial charge is 0.464 e. The van der Waals surface area contributed by atoms with Gasteiger partial charge in [0.25, 0.3) is 0 Å². The van der Waals surface area contributed by atoms with Gasteiger partial charge in [0.05, 0.1) is 11.6 Å². The van der Waals surface area contributed by atoms with Crippen LogP contribution >= 0.6 is 0 Å². The summed E-state index contributed by atoms with van der Waals surface area (Å²) in [5, 5.41) is 0.678. The van der Waals surface area contributed by atoms with Crippen molar-refractivity contribution < 1.29 is 4.42 Å². The summed E-state index contributed by atoms with van der Waals surface area (Å²) in [6.45, 7) is 2.26. The van der Waals surface area contributed by atoms with E-state index in [1.807, 2.05) is 12.1 Å². The molecule has 0 spiro atoms. The van der Waals surface area contributed by atoms with Gasteiger partial charge in [0.1, 0.15) is 5.58 Å². The van der Waals surface area contributed by atoms with E-state index in [2.05, 4.69) is 13.0 Å². The molecule has 21 heavy (non-hydrogen) atoms. The van der Waals surface area contributed by atoms with Gasteiger partial charge in [-0.1, -0.05) is 57.9 Å². The van der Waals surface area contributed by atoms with Crippen LogP contribution in [0.15, 0.2) is 39.7 Å².